The summed E-state index contributed by atoms with van der Waals surface area (Å²) in [6.07, 6.45) is 1.16. The number of aryl methyl sites for hydroxylation is 1. The highest BCUT2D eigenvalue weighted by Crippen LogP contribution is 2.32. The molecule has 0 saturated carbocycles. The van der Waals surface area contributed by atoms with Crippen LogP contribution in [-0.4, -0.2) is 49.0 Å². The first-order valence-electron chi connectivity index (χ1n) is 9.81. The van der Waals surface area contributed by atoms with E-state index in [4.69, 9.17) is 20.9 Å². The predicted octanol–water partition coefficient (Wildman–Crippen LogP) is 3.81. The number of thiophene rings is 1. The number of hydrogen-bond donors (Lipinski definition) is 1. The maximum Gasteiger partial charge on any atom is 0.252 e. The topological polar surface area (TPSA) is 115 Å². The largest absolute Gasteiger partial charge is 0.495 e. The Hall–Kier alpha value is -2.47. The number of sulfonamides is 1. The number of nitrogens with zero attached hydrogens (tertiary/aromatic N) is 3. The first-order valence-corrected chi connectivity index (χ1v) is 12.5. The van der Waals surface area contributed by atoms with Crippen molar-refractivity contribution in [3.8, 4) is 17.1 Å². The number of benzene rings is 1. The molecule has 1 saturated heterocycles. The lowest BCUT2D eigenvalue weighted by atomic mass is 9.98. The Labute approximate surface area is 194 Å². The van der Waals surface area contributed by atoms with Gasteiger partial charge >= 0.3 is 0 Å². The minimum atomic E-state index is -3.76. The van der Waals surface area contributed by atoms with E-state index in [1.54, 1.807) is 30.5 Å². The fourth-order valence-corrected chi connectivity index (χ4v) is 6.51. The Bertz CT molecular complexity index is 1240. The van der Waals surface area contributed by atoms with Gasteiger partial charge in [-0.1, -0.05) is 16.8 Å². The fraction of sp³-hybridized carbons (Fsp3) is 0.350. The van der Waals surface area contributed by atoms with Gasteiger partial charge in [0.25, 0.3) is 10.0 Å². The van der Waals surface area contributed by atoms with Crippen molar-refractivity contribution >= 4 is 44.6 Å². The first kappa shape index (κ1) is 22.7. The predicted molar refractivity (Wildman–Crippen MR) is 120 cm³/mol. The summed E-state index contributed by atoms with van der Waals surface area (Å²) >= 11 is 7.12. The molecule has 3 aromatic rings. The molecule has 1 atom stereocenters. The van der Waals surface area contributed by atoms with Crippen LogP contribution < -0.4 is 10.1 Å². The van der Waals surface area contributed by atoms with Gasteiger partial charge < -0.3 is 14.6 Å². The molecule has 1 amide bonds. The quantitative estimate of drug-likeness (QED) is 0.551. The lowest BCUT2D eigenvalue weighted by Crippen LogP contribution is -2.43. The molecule has 0 radical (unpaired) electrons. The highest BCUT2D eigenvalue weighted by atomic mass is 35.5. The Morgan fingerprint density at radius 2 is 2.19 bits per heavy atom. The van der Waals surface area contributed by atoms with Crippen LogP contribution in [0, 0.1) is 12.8 Å². The lowest BCUT2D eigenvalue weighted by molar-refractivity contribution is -0.120. The zero-order chi connectivity index (χ0) is 22.9. The third-order valence-electron chi connectivity index (χ3n) is 5.13. The van der Waals surface area contributed by atoms with E-state index in [9.17, 15) is 13.2 Å². The average molecular weight is 497 g/mol. The van der Waals surface area contributed by atoms with Crippen molar-refractivity contribution in [1.29, 1.82) is 0 Å². The second kappa shape index (κ2) is 9.18. The van der Waals surface area contributed by atoms with Crippen LogP contribution in [0.2, 0.25) is 5.02 Å². The van der Waals surface area contributed by atoms with E-state index in [0.717, 1.165) is 11.3 Å². The third kappa shape index (κ3) is 4.65. The van der Waals surface area contributed by atoms with Gasteiger partial charge in [-0.2, -0.15) is 9.29 Å². The molecule has 1 fully saturated rings. The molecule has 0 bridgehead atoms. The molecule has 0 spiro atoms. The number of rotatable bonds is 6. The van der Waals surface area contributed by atoms with E-state index in [1.807, 2.05) is 0 Å². The molecule has 1 aromatic carbocycles. The first-order chi connectivity index (χ1) is 15.3. The van der Waals surface area contributed by atoms with Crippen LogP contribution in [0.5, 0.6) is 5.75 Å². The van der Waals surface area contributed by atoms with Crippen molar-refractivity contribution in [2.24, 2.45) is 5.92 Å². The molecule has 12 heteroatoms. The van der Waals surface area contributed by atoms with Crippen molar-refractivity contribution in [3.63, 3.8) is 0 Å². The smallest absolute Gasteiger partial charge is 0.252 e. The van der Waals surface area contributed by atoms with Gasteiger partial charge in [-0.15, -0.1) is 11.3 Å². The molecule has 1 N–H and O–H groups in total. The van der Waals surface area contributed by atoms with Crippen LogP contribution >= 0.6 is 22.9 Å². The molecule has 3 heterocycles. The molecular weight excluding hydrogens is 476 g/mol. The normalized spacial score (nSPS) is 17.3. The van der Waals surface area contributed by atoms with Crippen molar-refractivity contribution in [1.82, 2.24) is 14.4 Å². The Morgan fingerprint density at radius 3 is 2.91 bits per heavy atom. The summed E-state index contributed by atoms with van der Waals surface area (Å²) in [5, 5.41) is 8.78. The van der Waals surface area contributed by atoms with E-state index >= 15 is 0 Å². The molecule has 170 valence electrons. The zero-order valence-corrected chi connectivity index (χ0v) is 19.8. The molecule has 1 aliphatic rings. The summed E-state index contributed by atoms with van der Waals surface area (Å²) in [6, 6.07) is 6.46. The molecule has 32 heavy (non-hydrogen) atoms. The number of carbonyl (C=O) groups is 1. The van der Waals surface area contributed by atoms with Crippen molar-refractivity contribution < 1.29 is 22.5 Å². The number of ether oxygens (including phenoxy) is 1. The van der Waals surface area contributed by atoms with Crippen LogP contribution in [0.4, 0.5) is 5.69 Å². The van der Waals surface area contributed by atoms with Gasteiger partial charge in [-0.25, -0.2) is 8.42 Å². The van der Waals surface area contributed by atoms with E-state index in [2.05, 4.69) is 15.5 Å². The number of piperidine rings is 1. The van der Waals surface area contributed by atoms with Gasteiger partial charge in [0.15, 0.2) is 0 Å². The number of amides is 1. The SMILES string of the molecule is COc1ccc(Cl)cc1NC(=O)C1CCCN(S(=O)(=O)c2cc(-c3noc(C)n3)cs2)C1. The van der Waals surface area contributed by atoms with E-state index < -0.39 is 15.9 Å². The molecule has 4 rings (SSSR count). The summed E-state index contributed by atoms with van der Waals surface area (Å²) in [5.74, 6) is 0.440. The number of nitrogens with one attached hydrogen (secondary N) is 1. The van der Waals surface area contributed by atoms with Gasteiger partial charge in [-0.3, -0.25) is 4.79 Å². The van der Waals surface area contributed by atoms with Gasteiger partial charge in [-0.05, 0) is 37.1 Å². The maximum atomic E-state index is 13.2. The molecule has 2 aromatic heterocycles. The number of hydrogen-bond acceptors (Lipinski definition) is 8. The summed E-state index contributed by atoms with van der Waals surface area (Å²) in [6.45, 7) is 2.10. The Kier molecular flexibility index (Phi) is 6.52. The van der Waals surface area contributed by atoms with Crippen LogP contribution in [0.15, 0.2) is 38.4 Å². The van der Waals surface area contributed by atoms with Crippen molar-refractivity contribution in [2.45, 2.75) is 24.0 Å². The van der Waals surface area contributed by atoms with E-state index in [-0.39, 0.29) is 16.7 Å². The standard InChI is InChI=1S/C20H21ClN4O5S2/c1-12-22-19(24-30-12)14-8-18(31-11-14)32(27,28)25-7-3-4-13(10-25)20(26)23-16-9-15(21)5-6-17(16)29-2/h5-6,8-9,11,13H,3-4,7,10H2,1-2H3,(H,23,26). The van der Waals surface area contributed by atoms with Crippen LogP contribution in [0.3, 0.4) is 0 Å². The lowest BCUT2D eigenvalue weighted by Gasteiger charge is -2.30. The number of methoxy groups -OCH3 is 1. The summed E-state index contributed by atoms with van der Waals surface area (Å²) < 4.78 is 38.2. The van der Waals surface area contributed by atoms with E-state index in [0.29, 0.717) is 53.1 Å². The van der Waals surface area contributed by atoms with Gasteiger partial charge in [0.1, 0.15) is 9.96 Å². The zero-order valence-electron chi connectivity index (χ0n) is 17.4. The monoisotopic (exact) mass is 496 g/mol. The Morgan fingerprint density at radius 1 is 1.38 bits per heavy atom. The second-order valence-corrected chi connectivity index (χ2v) is 10.8. The molecule has 9 nitrogen and oxygen atoms in total. The number of aromatic nitrogens is 2. The van der Waals surface area contributed by atoms with Gasteiger partial charge in [0.05, 0.1) is 18.7 Å². The summed E-state index contributed by atoms with van der Waals surface area (Å²) in [7, 11) is -2.26. The van der Waals surface area contributed by atoms with Gasteiger partial charge in [0, 0.05) is 36.0 Å². The van der Waals surface area contributed by atoms with E-state index in [1.165, 1.54) is 17.5 Å². The highest BCUT2D eigenvalue weighted by Gasteiger charge is 2.34. The van der Waals surface area contributed by atoms with Gasteiger partial charge in [0.2, 0.25) is 17.6 Å². The number of anilines is 1. The van der Waals surface area contributed by atoms with Crippen molar-refractivity contribution in [3.05, 3.63) is 40.6 Å². The van der Waals surface area contributed by atoms with Crippen molar-refractivity contribution in [2.75, 3.05) is 25.5 Å². The number of carbonyl (C=O) groups excluding carboxylic acids is 1. The average Bonchev–Trinajstić information content (AvgIpc) is 3.43. The molecular formula is C20H21ClN4O5S2. The molecule has 0 aliphatic carbocycles. The van der Waals surface area contributed by atoms with Crippen LogP contribution in [0.1, 0.15) is 18.7 Å². The minimum absolute atomic E-state index is 0.0889. The molecule has 1 aliphatic heterocycles. The Balaban J connectivity index is 1.49. The minimum Gasteiger partial charge on any atom is -0.495 e. The summed E-state index contributed by atoms with van der Waals surface area (Å²) in [4.78, 5) is 17.0. The third-order valence-corrected chi connectivity index (χ3v) is 8.65. The second-order valence-electron chi connectivity index (χ2n) is 7.33. The fourth-order valence-electron chi connectivity index (χ4n) is 3.50. The van der Waals surface area contributed by atoms with Crippen LogP contribution in [0.25, 0.3) is 11.4 Å². The maximum absolute atomic E-state index is 13.2. The number of halogens is 1. The highest BCUT2D eigenvalue weighted by molar-refractivity contribution is 7.91. The molecule has 1 unspecified atom stereocenters. The van der Waals surface area contributed by atoms with Crippen LogP contribution in [-0.2, 0) is 14.8 Å². The summed E-state index contributed by atoms with van der Waals surface area (Å²) in [5.41, 5.74) is 1.02.